The summed E-state index contributed by atoms with van der Waals surface area (Å²) in [5.74, 6) is 2.48. The molecule has 0 atom stereocenters. The maximum absolute atomic E-state index is 5.89. The maximum atomic E-state index is 5.89. The molecule has 0 amide bonds. The summed E-state index contributed by atoms with van der Waals surface area (Å²) in [5.41, 5.74) is 0. The number of ether oxygens (including phenoxy) is 1. The lowest BCUT2D eigenvalue weighted by molar-refractivity contribution is 0.263. The van der Waals surface area contributed by atoms with E-state index in [-0.39, 0.29) is 0 Å². The lowest BCUT2D eigenvalue weighted by atomic mass is 10.3. The van der Waals surface area contributed by atoms with E-state index in [9.17, 15) is 0 Å². The van der Waals surface area contributed by atoms with E-state index in [0.29, 0.717) is 11.6 Å². The molecule has 0 aliphatic carbocycles. The molecule has 0 bridgehead atoms. The lowest BCUT2D eigenvalue weighted by Crippen LogP contribution is -2.13. The summed E-state index contributed by atoms with van der Waals surface area (Å²) in [6, 6.07) is 9.34. The van der Waals surface area contributed by atoms with E-state index in [1.165, 1.54) is 0 Å². The van der Waals surface area contributed by atoms with Gasteiger partial charge in [-0.05, 0) is 59.2 Å². The molecule has 0 saturated heterocycles. The van der Waals surface area contributed by atoms with E-state index in [4.69, 9.17) is 20.8 Å². The van der Waals surface area contributed by atoms with Crippen LogP contribution < -0.4 is 10.1 Å². The molecule has 1 heterocycles. The monoisotopic (exact) mass is 357 g/mol. The molecule has 0 saturated carbocycles. The summed E-state index contributed by atoms with van der Waals surface area (Å²) in [4.78, 5) is 0. The van der Waals surface area contributed by atoms with E-state index in [2.05, 4.69) is 28.2 Å². The van der Waals surface area contributed by atoms with Gasteiger partial charge >= 0.3 is 0 Å². The number of benzene rings is 1. The minimum Gasteiger partial charge on any atom is -0.484 e. The first-order chi connectivity index (χ1) is 9.69. The molecule has 5 heteroatoms. The van der Waals surface area contributed by atoms with Crippen molar-refractivity contribution in [1.29, 1.82) is 0 Å². The van der Waals surface area contributed by atoms with Crippen LogP contribution in [0.1, 0.15) is 24.9 Å². The van der Waals surface area contributed by atoms with Gasteiger partial charge in [-0.3, -0.25) is 0 Å². The lowest BCUT2D eigenvalue weighted by Gasteiger charge is -2.06. The number of furan rings is 1. The second-order valence-electron chi connectivity index (χ2n) is 4.41. The smallest absolute Gasteiger partial charge is 0.146 e. The van der Waals surface area contributed by atoms with Gasteiger partial charge in [0, 0.05) is 5.02 Å². The minimum atomic E-state index is 0.397. The topological polar surface area (TPSA) is 34.4 Å². The zero-order valence-corrected chi connectivity index (χ0v) is 13.6. The van der Waals surface area contributed by atoms with Gasteiger partial charge in [0.1, 0.15) is 23.9 Å². The van der Waals surface area contributed by atoms with Crippen molar-refractivity contribution >= 4 is 27.5 Å². The van der Waals surface area contributed by atoms with Crippen LogP contribution in [0.2, 0.25) is 5.02 Å². The van der Waals surface area contributed by atoms with E-state index >= 15 is 0 Å². The van der Waals surface area contributed by atoms with Crippen molar-refractivity contribution in [2.24, 2.45) is 0 Å². The van der Waals surface area contributed by atoms with Gasteiger partial charge in [-0.15, -0.1) is 0 Å². The number of nitrogens with one attached hydrogen (secondary N) is 1. The van der Waals surface area contributed by atoms with Crippen LogP contribution in [0.5, 0.6) is 5.75 Å². The summed E-state index contributed by atoms with van der Waals surface area (Å²) in [6.07, 6.45) is 1.11. The van der Waals surface area contributed by atoms with E-state index < -0.39 is 0 Å². The molecule has 0 unspecified atom stereocenters. The van der Waals surface area contributed by atoms with Crippen molar-refractivity contribution < 1.29 is 9.15 Å². The predicted octanol–water partition coefficient (Wildman–Crippen LogP) is 4.77. The summed E-state index contributed by atoms with van der Waals surface area (Å²) in [5, 5.41) is 3.97. The van der Waals surface area contributed by atoms with Crippen LogP contribution in [-0.2, 0) is 13.2 Å². The highest BCUT2D eigenvalue weighted by Crippen LogP contribution is 2.28. The summed E-state index contributed by atoms with van der Waals surface area (Å²) in [7, 11) is 0. The molecule has 108 valence electrons. The van der Waals surface area contributed by atoms with Crippen molar-refractivity contribution in [3.63, 3.8) is 0 Å². The first-order valence-electron chi connectivity index (χ1n) is 6.55. The number of rotatable bonds is 7. The number of hydrogen-bond acceptors (Lipinski definition) is 3. The Morgan fingerprint density at radius 2 is 2.05 bits per heavy atom. The molecule has 0 aliphatic heterocycles. The van der Waals surface area contributed by atoms with Gasteiger partial charge in [0.25, 0.3) is 0 Å². The van der Waals surface area contributed by atoms with Crippen LogP contribution >= 0.6 is 27.5 Å². The van der Waals surface area contributed by atoms with Gasteiger partial charge in [0.05, 0.1) is 11.0 Å². The SMILES string of the molecule is CCCNCc1ccc(COc2ccc(Cl)cc2Br)o1. The maximum Gasteiger partial charge on any atom is 0.146 e. The van der Waals surface area contributed by atoms with E-state index in [0.717, 1.165) is 41.3 Å². The molecule has 1 aromatic heterocycles. The highest BCUT2D eigenvalue weighted by Gasteiger charge is 2.05. The molecular formula is C15H17BrClNO2. The highest BCUT2D eigenvalue weighted by atomic mass is 79.9. The van der Waals surface area contributed by atoms with Crippen LogP contribution in [0.4, 0.5) is 0 Å². The number of hydrogen-bond donors (Lipinski definition) is 1. The van der Waals surface area contributed by atoms with Gasteiger partial charge in [0.15, 0.2) is 0 Å². The van der Waals surface area contributed by atoms with Crippen LogP contribution in [0, 0.1) is 0 Å². The number of halogens is 2. The summed E-state index contributed by atoms with van der Waals surface area (Å²) >= 11 is 9.30. The average molecular weight is 359 g/mol. The first kappa shape index (κ1) is 15.4. The molecule has 2 rings (SSSR count). The summed E-state index contributed by atoms with van der Waals surface area (Å²) < 4.78 is 12.2. The molecule has 1 N–H and O–H groups in total. The van der Waals surface area contributed by atoms with Crippen LogP contribution in [0.15, 0.2) is 39.2 Å². The molecule has 0 fully saturated rings. The third kappa shape index (κ3) is 4.54. The largest absolute Gasteiger partial charge is 0.484 e. The second kappa shape index (κ2) is 7.72. The fourth-order valence-corrected chi connectivity index (χ4v) is 2.52. The Balaban J connectivity index is 1.87. The fourth-order valence-electron chi connectivity index (χ4n) is 1.72. The molecule has 2 aromatic rings. The molecule has 1 aromatic carbocycles. The van der Waals surface area contributed by atoms with Gasteiger partial charge < -0.3 is 14.5 Å². The third-order valence-corrected chi connectivity index (χ3v) is 3.56. The Bertz CT molecular complexity index is 557. The zero-order valence-electron chi connectivity index (χ0n) is 11.3. The molecule has 0 radical (unpaired) electrons. The van der Waals surface area contributed by atoms with Gasteiger partial charge in [-0.25, -0.2) is 0 Å². The second-order valence-corrected chi connectivity index (χ2v) is 5.70. The Labute approximate surface area is 132 Å². The van der Waals surface area contributed by atoms with Crippen molar-refractivity contribution in [2.75, 3.05) is 6.54 Å². The van der Waals surface area contributed by atoms with Crippen molar-refractivity contribution in [3.05, 3.63) is 51.3 Å². The molecule has 20 heavy (non-hydrogen) atoms. The molecule has 0 spiro atoms. The molecule has 0 aliphatic rings. The Hall–Kier alpha value is -0.970. The van der Waals surface area contributed by atoms with Crippen molar-refractivity contribution in [3.8, 4) is 5.75 Å². The van der Waals surface area contributed by atoms with E-state index in [1.54, 1.807) is 12.1 Å². The van der Waals surface area contributed by atoms with Crippen LogP contribution in [0.3, 0.4) is 0 Å². The quantitative estimate of drug-likeness (QED) is 0.724. The Morgan fingerprint density at radius 3 is 2.80 bits per heavy atom. The Morgan fingerprint density at radius 1 is 1.25 bits per heavy atom. The Kier molecular flexibility index (Phi) is 5.95. The van der Waals surface area contributed by atoms with Crippen molar-refractivity contribution in [1.82, 2.24) is 5.32 Å². The molecular weight excluding hydrogens is 342 g/mol. The van der Waals surface area contributed by atoms with Gasteiger partial charge in [-0.2, -0.15) is 0 Å². The fraction of sp³-hybridized carbons (Fsp3) is 0.333. The first-order valence-corrected chi connectivity index (χ1v) is 7.72. The van der Waals surface area contributed by atoms with Crippen LogP contribution in [0.25, 0.3) is 0 Å². The van der Waals surface area contributed by atoms with Crippen LogP contribution in [-0.4, -0.2) is 6.54 Å². The standard InChI is InChI=1S/C15H17BrClNO2/c1-2-7-18-9-12-4-5-13(20-12)10-19-15-6-3-11(17)8-14(15)16/h3-6,8,18H,2,7,9-10H2,1H3. The zero-order chi connectivity index (χ0) is 14.4. The van der Waals surface area contributed by atoms with Gasteiger partial charge in [-0.1, -0.05) is 18.5 Å². The molecule has 3 nitrogen and oxygen atoms in total. The van der Waals surface area contributed by atoms with Crippen molar-refractivity contribution in [2.45, 2.75) is 26.5 Å². The van der Waals surface area contributed by atoms with Gasteiger partial charge in [0.2, 0.25) is 0 Å². The third-order valence-electron chi connectivity index (χ3n) is 2.71. The normalized spacial score (nSPS) is 10.8. The average Bonchev–Trinajstić information content (AvgIpc) is 2.86. The minimum absolute atomic E-state index is 0.397. The summed E-state index contributed by atoms with van der Waals surface area (Å²) in [6.45, 7) is 4.27. The van der Waals surface area contributed by atoms with E-state index in [1.807, 2.05) is 18.2 Å². The highest BCUT2D eigenvalue weighted by molar-refractivity contribution is 9.10. The predicted molar refractivity (Wildman–Crippen MR) is 84.2 cm³/mol.